The molecule has 148 valence electrons. The molecule has 2 rings (SSSR count). The minimum atomic E-state index is -0.786. The van der Waals surface area contributed by atoms with Crippen LogP contribution in [0.5, 0.6) is 0 Å². The molecule has 1 spiro atoms. The van der Waals surface area contributed by atoms with E-state index in [0.29, 0.717) is 13.0 Å². The Hall–Kier alpha value is -1.59. The highest BCUT2D eigenvalue weighted by molar-refractivity contribution is 6.09. The molecule has 1 saturated heterocycles. The first kappa shape index (κ1) is 20.7. The quantitative estimate of drug-likeness (QED) is 0.486. The van der Waals surface area contributed by atoms with E-state index < -0.39 is 11.6 Å². The van der Waals surface area contributed by atoms with E-state index in [1.54, 1.807) is 0 Å². The third-order valence-corrected chi connectivity index (χ3v) is 5.83. The van der Waals surface area contributed by atoms with Gasteiger partial charge in [0.15, 0.2) is 0 Å². The molecule has 6 nitrogen and oxygen atoms in total. The Morgan fingerprint density at radius 3 is 2.65 bits per heavy atom. The number of carbonyl (C=O) groups is 3. The van der Waals surface area contributed by atoms with Gasteiger partial charge in [-0.1, -0.05) is 59.3 Å². The van der Waals surface area contributed by atoms with Crippen LogP contribution in [0.15, 0.2) is 0 Å². The first-order valence-electron chi connectivity index (χ1n) is 10.3. The monoisotopic (exact) mass is 365 g/mol. The van der Waals surface area contributed by atoms with Crippen LogP contribution in [-0.2, 0) is 9.59 Å². The zero-order valence-corrected chi connectivity index (χ0v) is 16.6. The van der Waals surface area contributed by atoms with Crippen LogP contribution in [-0.4, -0.2) is 41.4 Å². The Morgan fingerprint density at radius 2 is 1.96 bits per heavy atom. The van der Waals surface area contributed by atoms with E-state index in [4.69, 9.17) is 0 Å². The summed E-state index contributed by atoms with van der Waals surface area (Å²) in [6.07, 6.45) is 9.32. The minimum Gasteiger partial charge on any atom is -0.355 e. The van der Waals surface area contributed by atoms with Gasteiger partial charge in [0.1, 0.15) is 12.1 Å². The summed E-state index contributed by atoms with van der Waals surface area (Å²) in [6, 6.07) is -0.424. The summed E-state index contributed by atoms with van der Waals surface area (Å²) in [5, 5.41) is 5.72. The lowest BCUT2D eigenvalue weighted by Gasteiger charge is -2.36. The van der Waals surface area contributed by atoms with Gasteiger partial charge in [-0.3, -0.25) is 14.5 Å². The molecule has 1 heterocycles. The van der Waals surface area contributed by atoms with Gasteiger partial charge >= 0.3 is 6.03 Å². The maximum absolute atomic E-state index is 12.8. The van der Waals surface area contributed by atoms with Crippen LogP contribution >= 0.6 is 0 Å². The Kier molecular flexibility index (Phi) is 7.47. The summed E-state index contributed by atoms with van der Waals surface area (Å²) in [6.45, 7) is 6.90. The van der Waals surface area contributed by atoms with Crippen LogP contribution in [0.4, 0.5) is 4.79 Å². The lowest BCUT2D eigenvalue weighted by atomic mass is 9.73. The highest BCUT2D eigenvalue weighted by Crippen LogP contribution is 2.38. The molecule has 2 aliphatic rings. The molecular weight excluding hydrogens is 330 g/mol. The predicted octanol–water partition coefficient (Wildman–Crippen LogP) is 3.21. The second kappa shape index (κ2) is 9.38. The molecule has 1 saturated carbocycles. The molecule has 0 bridgehead atoms. The van der Waals surface area contributed by atoms with E-state index in [-0.39, 0.29) is 24.3 Å². The van der Waals surface area contributed by atoms with Crippen LogP contribution in [0, 0.1) is 11.8 Å². The lowest BCUT2D eigenvalue weighted by molar-refractivity contribution is -0.137. The van der Waals surface area contributed by atoms with Crippen molar-refractivity contribution in [2.75, 3.05) is 13.1 Å². The van der Waals surface area contributed by atoms with Gasteiger partial charge in [0, 0.05) is 6.54 Å². The summed E-state index contributed by atoms with van der Waals surface area (Å²) in [7, 11) is 0. The van der Waals surface area contributed by atoms with Gasteiger partial charge in [-0.15, -0.1) is 0 Å². The second-order valence-corrected chi connectivity index (χ2v) is 8.39. The highest BCUT2D eigenvalue weighted by atomic mass is 16.2. The fourth-order valence-corrected chi connectivity index (χ4v) is 4.10. The Morgan fingerprint density at radius 1 is 1.23 bits per heavy atom. The van der Waals surface area contributed by atoms with Crippen LogP contribution in [0.1, 0.15) is 78.6 Å². The number of amides is 4. The first-order valence-corrected chi connectivity index (χ1v) is 10.3. The SMILES string of the molecule is CC(C)CCCCCCNC(=O)CN1C(=O)NC2(CCCCC2C)C1=O. The average molecular weight is 366 g/mol. The van der Waals surface area contributed by atoms with Crippen molar-refractivity contribution in [3.63, 3.8) is 0 Å². The fourth-order valence-electron chi connectivity index (χ4n) is 4.10. The van der Waals surface area contributed by atoms with Crippen molar-refractivity contribution < 1.29 is 14.4 Å². The van der Waals surface area contributed by atoms with Crippen molar-refractivity contribution in [3.05, 3.63) is 0 Å². The largest absolute Gasteiger partial charge is 0.355 e. The number of carbonyl (C=O) groups excluding carboxylic acids is 3. The van der Waals surface area contributed by atoms with Crippen molar-refractivity contribution in [1.82, 2.24) is 15.5 Å². The molecule has 2 fully saturated rings. The Labute approximate surface area is 157 Å². The average Bonchev–Trinajstić information content (AvgIpc) is 2.81. The second-order valence-electron chi connectivity index (χ2n) is 8.39. The third kappa shape index (κ3) is 4.98. The number of nitrogens with one attached hydrogen (secondary N) is 2. The summed E-state index contributed by atoms with van der Waals surface area (Å²) in [5.41, 5.74) is -0.786. The summed E-state index contributed by atoms with van der Waals surface area (Å²) in [5.74, 6) is 0.385. The molecule has 0 aromatic rings. The summed E-state index contributed by atoms with van der Waals surface area (Å²) >= 11 is 0. The van der Waals surface area contributed by atoms with Crippen molar-refractivity contribution >= 4 is 17.8 Å². The number of urea groups is 1. The molecule has 2 N–H and O–H groups in total. The zero-order valence-electron chi connectivity index (χ0n) is 16.6. The number of imide groups is 1. The van der Waals surface area contributed by atoms with E-state index in [2.05, 4.69) is 24.5 Å². The van der Waals surface area contributed by atoms with E-state index >= 15 is 0 Å². The van der Waals surface area contributed by atoms with Crippen LogP contribution in [0.3, 0.4) is 0 Å². The van der Waals surface area contributed by atoms with E-state index in [9.17, 15) is 14.4 Å². The van der Waals surface area contributed by atoms with Gasteiger partial charge in [-0.2, -0.15) is 0 Å². The molecule has 2 atom stereocenters. The number of unbranched alkanes of at least 4 members (excludes halogenated alkanes) is 3. The van der Waals surface area contributed by atoms with Gasteiger partial charge in [0.2, 0.25) is 5.91 Å². The van der Waals surface area contributed by atoms with Gasteiger partial charge in [-0.25, -0.2) is 4.79 Å². The van der Waals surface area contributed by atoms with E-state index in [1.165, 1.54) is 19.3 Å². The molecule has 0 aromatic heterocycles. The van der Waals surface area contributed by atoms with E-state index in [0.717, 1.165) is 42.9 Å². The molecule has 0 radical (unpaired) electrons. The normalized spacial score (nSPS) is 25.8. The number of nitrogens with zero attached hydrogens (tertiary/aromatic N) is 1. The maximum atomic E-state index is 12.8. The Balaban J connectivity index is 1.72. The van der Waals surface area contributed by atoms with Crippen molar-refractivity contribution in [2.24, 2.45) is 11.8 Å². The molecule has 0 aromatic carbocycles. The Bertz CT molecular complexity index is 520. The lowest BCUT2D eigenvalue weighted by Crippen LogP contribution is -2.54. The molecule has 2 unspecified atom stereocenters. The zero-order chi connectivity index (χ0) is 19.2. The van der Waals surface area contributed by atoms with Crippen molar-refractivity contribution in [3.8, 4) is 0 Å². The number of hydrogen-bond acceptors (Lipinski definition) is 3. The van der Waals surface area contributed by atoms with Crippen LogP contribution in [0.2, 0.25) is 0 Å². The van der Waals surface area contributed by atoms with Gasteiger partial charge in [0.05, 0.1) is 0 Å². The van der Waals surface area contributed by atoms with Crippen molar-refractivity contribution in [2.45, 2.75) is 84.1 Å². The van der Waals surface area contributed by atoms with E-state index in [1.807, 2.05) is 6.92 Å². The van der Waals surface area contributed by atoms with Crippen LogP contribution in [0.25, 0.3) is 0 Å². The number of hydrogen-bond donors (Lipinski definition) is 2. The minimum absolute atomic E-state index is 0.117. The first-order chi connectivity index (χ1) is 12.4. The smallest absolute Gasteiger partial charge is 0.325 e. The maximum Gasteiger partial charge on any atom is 0.325 e. The fraction of sp³-hybridized carbons (Fsp3) is 0.850. The standard InChI is InChI=1S/C20H35N3O3/c1-15(2)10-6-4-5-9-13-21-17(24)14-23-18(25)20(22-19(23)26)12-8-7-11-16(20)3/h15-16H,4-14H2,1-3H3,(H,21,24)(H,22,26). The molecule has 6 heteroatoms. The molecule has 1 aliphatic heterocycles. The van der Waals surface area contributed by atoms with Crippen molar-refractivity contribution in [1.29, 1.82) is 0 Å². The van der Waals surface area contributed by atoms with Gasteiger partial charge < -0.3 is 10.6 Å². The third-order valence-electron chi connectivity index (χ3n) is 5.83. The molecule has 1 aliphatic carbocycles. The van der Waals surface area contributed by atoms with Gasteiger partial charge in [-0.05, 0) is 31.1 Å². The summed E-state index contributed by atoms with van der Waals surface area (Å²) < 4.78 is 0. The molecule has 4 amide bonds. The highest BCUT2D eigenvalue weighted by Gasteiger charge is 2.55. The van der Waals surface area contributed by atoms with Gasteiger partial charge in [0.25, 0.3) is 5.91 Å². The summed E-state index contributed by atoms with van der Waals surface area (Å²) in [4.78, 5) is 38.3. The van der Waals surface area contributed by atoms with Crippen LogP contribution < -0.4 is 10.6 Å². The molecular formula is C20H35N3O3. The predicted molar refractivity (Wildman–Crippen MR) is 102 cm³/mol. The topological polar surface area (TPSA) is 78.5 Å². The molecule has 26 heavy (non-hydrogen) atoms. The number of rotatable bonds is 9.